The number of aliphatic imine (C=N–C) groups is 1. The van der Waals surface area contributed by atoms with Crippen LogP contribution in [0, 0.1) is 6.92 Å². The van der Waals surface area contributed by atoms with Crippen molar-refractivity contribution < 1.29 is 0 Å². The van der Waals surface area contributed by atoms with Crippen LogP contribution in [0.3, 0.4) is 0 Å². The van der Waals surface area contributed by atoms with E-state index < -0.39 is 0 Å². The second-order valence-corrected chi connectivity index (χ2v) is 6.13. The summed E-state index contributed by atoms with van der Waals surface area (Å²) < 4.78 is 2.04. The molecule has 5 nitrogen and oxygen atoms in total. The van der Waals surface area contributed by atoms with Crippen LogP contribution in [0.4, 0.5) is 0 Å². The lowest BCUT2D eigenvalue weighted by Crippen LogP contribution is -2.38. The van der Waals surface area contributed by atoms with Gasteiger partial charge in [-0.15, -0.1) is 11.3 Å². The lowest BCUT2D eigenvalue weighted by Gasteiger charge is -2.21. The summed E-state index contributed by atoms with van der Waals surface area (Å²) in [4.78, 5) is 11.3. The molecule has 0 aromatic carbocycles. The third-order valence-electron chi connectivity index (χ3n) is 3.07. The molecule has 2 rings (SSSR count). The van der Waals surface area contributed by atoms with Crippen molar-refractivity contribution >= 4 is 17.3 Å². The van der Waals surface area contributed by atoms with Crippen LogP contribution in [0.15, 0.2) is 28.8 Å². The number of nitrogens with zero attached hydrogens (tertiary/aromatic N) is 4. The van der Waals surface area contributed by atoms with E-state index in [0.29, 0.717) is 6.54 Å². The molecule has 0 radical (unpaired) electrons. The lowest BCUT2D eigenvalue weighted by atomic mass is 10.3. The van der Waals surface area contributed by atoms with Gasteiger partial charge in [-0.05, 0) is 25.5 Å². The van der Waals surface area contributed by atoms with E-state index in [4.69, 9.17) is 4.99 Å². The van der Waals surface area contributed by atoms with Gasteiger partial charge in [-0.3, -0.25) is 0 Å². The molecule has 0 fully saturated rings. The maximum absolute atomic E-state index is 4.69. The molecule has 21 heavy (non-hydrogen) atoms. The predicted molar refractivity (Wildman–Crippen MR) is 88.5 cm³/mol. The van der Waals surface area contributed by atoms with Gasteiger partial charge in [0, 0.05) is 38.4 Å². The Bertz CT molecular complexity index is 599. The quantitative estimate of drug-likeness (QED) is 0.681. The normalized spacial score (nSPS) is 11.7. The zero-order chi connectivity index (χ0) is 15.2. The Morgan fingerprint density at radius 2 is 2.33 bits per heavy atom. The molecule has 0 spiro atoms. The second-order valence-electron chi connectivity index (χ2n) is 5.07. The molecule has 0 unspecified atom stereocenters. The zero-order valence-corrected chi connectivity index (χ0v) is 13.9. The largest absolute Gasteiger partial charge is 0.357 e. The Morgan fingerprint density at radius 3 is 2.90 bits per heavy atom. The van der Waals surface area contributed by atoms with Gasteiger partial charge < -0.3 is 14.8 Å². The van der Waals surface area contributed by atoms with Gasteiger partial charge in [-0.1, -0.05) is 0 Å². The van der Waals surface area contributed by atoms with Gasteiger partial charge in [0.25, 0.3) is 0 Å². The smallest absolute Gasteiger partial charge is 0.194 e. The van der Waals surface area contributed by atoms with Gasteiger partial charge in [0.1, 0.15) is 0 Å². The Balaban J connectivity index is 2.02. The Kier molecular flexibility index (Phi) is 5.38. The molecule has 2 aromatic heterocycles. The van der Waals surface area contributed by atoms with Crippen molar-refractivity contribution in [3.8, 4) is 0 Å². The number of guanidine groups is 1. The van der Waals surface area contributed by atoms with Gasteiger partial charge in [0.15, 0.2) is 5.96 Å². The monoisotopic (exact) mass is 305 g/mol. The minimum absolute atomic E-state index is 0.684. The first kappa shape index (κ1) is 15.6. The summed E-state index contributed by atoms with van der Waals surface area (Å²) in [5.74, 6) is 0.909. The van der Waals surface area contributed by atoms with E-state index in [2.05, 4.69) is 39.8 Å². The van der Waals surface area contributed by atoms with Crippen LogP contribution in [0.1, 0.15) is 23.2 Å². The third kappa shape index (κ3) is 4.60. The number of rotatable bonds is 5. The van der Waals surface area contributed by atoms with Crippen molar-refractivity contribution in [3.05, 3.63) is 40.1 Å². The van der Waals surface area contributed by atoms with Crippen molar-refractivity contribution in [3.63, 3.8) is 0 Å². The Morgan fingerprint density at radius 1 is 1.52 bits per heavy atom. The minimum atomic E-state index is 0.684. The highest BCUT2D eigenvalue weighted by atomic mass is 32.1. The number of hydrogen-bond acceptors (Lipinski definition) is 3. The van der Waals surface area contributed by atoms with Gasteiger partial charge in [0.05, 0.1) is 23.8 Å². The maximum atomic E-state index is 4.69. The van der Waals surface area contributed by atoms with Crippen LogP contribution >= 0.6 is 11.3 Å². The van der Waals surface area contributed by atoms with Crippen LogP contribution in [0.2, 0.25) is 0 Å². The molecule has 1 N–H and O–H groups in total. The number of aromatic nitrogens is 2. The van der Waals surface area contributed by atoms with Gasteiger partial charge in [-0.2, -0.15) is 0 Å². The highest BCUT2D eigenvalue weighted by Gasteiger charge is 2.08. The van der Waals surface area contributed by atoms with Crippen molar-refractivity contribution in [2.75, 3.05) is 13.6 Å². The van der Waals surface area contributed by atoms with Crippen LogP contribution in [-0.4, -0.2) is 34.0 Å². The van der Waals surface area contributed by atoms with Crippen LogP contribution < -0.4 is 5.32 Å². The fourth-order valence-corrected chi connectivity index (χ4v) is 2.69. The molecule has 0 saturated carbocycles. The van der Waals surface area contributed by atoms with Gasteiger partial charge >= 0.3 is 0 Å². The first-order valence-corrected chi connectivity index (χ1v) is 7.97. The number of aryl methyl sites for hydroxylation is 2. The third-order valence-corrected chi connectivity index (χ3v) is 3.89. The zero-order valence-electron chi connectivity index (χ0n) is 13.1. The number of nitrogens with one attached hydrogen (secondary N) is 1. The topological polar surface area (TPSA) is 45.5 Å². The van der Waals surface area contributed by atoms with E-state index in [9.17, 15) is 0 Å². The first-order valence-electron chi connectivity index (χ1n) is 7.09. The van der Waals surface area contributed by atoms with E-state index in [1.807, 2.05) is 31.8 Å². The molecule has 0 aliphatic heterocycles. The highest BCUT2D eigenvalue weighted by molar-refractivity contribution is 7.09. The average molecular weight is 305 g/mol. The fraction of sp³-hybridized carbons (Fsp3) is 0.467. The van der Waals surface area contributed by atoms with Crippen LogP contribution in [0.5, 0.6) is 0 Å². The predicted octanol–water partition coefficient (Wildman–Crippen LogP) is 2.39. The van der Waals surface area contributed by atoms with Crippen molar-refractivity contribution in [1.29, 1.82) is 0 Å². The molecule has 2 aromatic rings. The molecule has 0 bridgehead atoms. The second kappa shape index (κ2) is 7.26. The minimum Gasteiger partial charge on any atom is -0.357 e. The summed E-state index contributed by atoms with van der Waals surface area (Å²) in [6.45, 7) is 6.42. The summed E-state index contributed by atoms with van der Waals surface area (Å²) >= 11 is 1.68. The number of thiazole rings is 1. The molecular formula is C15H23N5S. The van der Waals surface area contributed by atoms with Crippen molar-refractivity contribution in [2.45, 2.75) is 26.9 Å². The summed E-state index contributed by atoms with van der Waals surface area (Å²) in [5, 5.41) is 6.54. The molecule has 0 aliphatic carbocycles. The van der Waals surface area contributed by atoms with E-state index in [1.54, 1.807) is 11.3 Å². The molecule has 114 valence electrons. The maximum Gasteiger partial charge on any atom is 0.194 e. The Labute approximate surface area is 130 Å². The molecular weight excluding hydrogens is 282 g/mol. The van der Waals surface area contributed by atoms with Crippen molar-refractivity contribution in [1.82, 2.24) is 19.8 Å². The lowest BCUT2D eigenvalue weighted by molar-refractivity contribution is 0.471. The van der Waals surface area contributed by atoms with Crippen LogP contribution in [-0.2, 0) is 20.1 Å². The van der Waals surface area contributed by atoms with E-state index in [1.165, 1.54) is 5.56 Å². The molecule has 0 atom stereocenters. The molecule has 0 amide bonds. The Hall–Kier alpha value is -1.82. The summed E-state index contributed by atoms with van der Waals surface area (Å²) in [6.07, 6.45) is 4.14. The van der Waals surface area contributed by atoms with Gasteiger partial charge in [-0.25, -0.2) is 9.98 Å². The highest BCUT2D eigenvalue weighted by Crippen LogP contribution is 2.10. The van der Waals surface area contributed by atoms with Gasteiger partial charge in [0.2, 0.25) is 0 Å². The summed E-state index contributed by atoms with van der Waals surface area (Å²) in [6, 6.07) is 2.09. The average Bonchev–Trinajstić information content (AvgIpc) is 3.03. The van der Waals surface area contributed by atoms with Crippen molar-refractivity contribution in [2.24, 2.45) is 12.0 Å². The van der Waals surface area contributed by atoms with E-state index >= 15 is 0 Å². The molecule has 0 saturated heterocycles. The van der Waals surface area contributed by atoms with E-state index in [-0.39, 0.29) is 0 Å². The fourth-order valence-electron chi connectivity index (χ4n) is 2.09. The summed E-state index contributed by atoms with van der Waals surface area (Å²) in [5.41, 5.74) is 2.30. The summed E-state index contributed by atoms with van der Waals surface area (Å²) in [7, 11) is 4.07. The first-order chi connectivity index (χ1) is 10.1. The molecule has 0 aliphatic rings. The molecule has 6 heteroatoms. The standard InChI is InChI=1S/C15H23N5S/c1-5-16-15(17-8-13-6-7-19(3)9-13)20(4)10-14-11-21-12(2)18-14/h6-7,9,11H,5,8,10H2,1-4H3,(H,16,17). The molecule has 2 heterocycles. The van der Waals surface area contributed by atoms with E-state index in [0.717, 1.165) is 29.8 Å². The SMILES string of the molecule is CCNC(=NCc1ccn(C)c1)N(C)Cc1csc(C)n1. The number of hydrogen-bond donors (Lipinski definition) is 1. The van der Waals surface area contributed by atoms with Crippen LogP contribution in [0.25, 0.3) is 0 Å².